The number of ether oxygens (including phenoxy) is 1. The van der Waals surface area contributed by atoms with Crippen molar-refractivity contribution in [1.29, 1.82) is 0 Å². The molecule has 4 rings (SSSR count). The second kappa shape index (κ2) is 10.5. The fourth-order valence-corrected chi connectivity index (χ4v) is 4.21. The second-order valence-corrected chi connectivity index (χ2v) is 8.98. The van der Waals surface area contributed by atoms with Crippen molar-refractivity contribution in [1.82, 2.24) is 4.98 Å². The van der Waals surface area contributed by atoms with Crippen LogP contribution in [0.4, 0.5) is 11.5 Å². The summed E-state index contributed by atoms with van der Waals surface area (Å²) in [4.78, 5) is 19.9. The summed E-state index contributed by atoms with van der Waals surface area (Å²) in [6.45, 7) is 8.18. The Balaban J connectivity index is 1.46. The molecule has 3 aromatic rings. The van der Waals surface area contributed by atoms with Gasteiger partial charge in [0.05, 0.1) is 18.0 Å². The Hall–Kier alpha value is -3.34. The number of amides is 1. The van der Waals surface area contributed by atoms with Crippen LogP contribution in [0.15, 0.2) is 60.8 Å². The van der Waals surface area contributed by atoms with Crippen molar-refractivity contribution in [3.05, 3.63) is 71.9 Å². The van der Waals surface area contributed by atoms with Gasteiger partial charge in [-0.05, 0) is 86.7 Å². The number of carbonyl (C=O) groups excluding carboxylic acids is 1. The van der Waals surface area contributed by atoms with Gasteiger partial charge in [0.1, 0.15) is 11.6 Å². The Morgan fingerprint density at radius 2 is 1.70 bits per heavy atom. The summed E-state index contributed by atoms with van der Waals surface area (Å²) in [6.07, 6.45) is 6.89. The molecule has 5 nitrogen and oxygen atoms in total. The molecule has 172 valence electrons. The number of nitrogens with zero attached hydrogens (tertiary/aromatic N) is 2. The molecule has 33 heavy (non-hydrogen) atoms. The number of rotatable bonds is 6. The van der Waals surface area contributed by atoms with Gasteiger partial charge >= 0.3 is 0 Å². The standard InChI is InChI=1S/C28H33N3O2/c1-20(2)33-25-13-10-22(11-14-25)26-18-23(9-8-21(26)3)28(32)30-24-12-15-27(29-19-24)31-16-6-4-5-7-17-31/h8-15,18-20H,4-7,16-17H2,1-3H3,(H,30,32). The van der Waals surface area contributed by atoms with Gasteiger partial charge in [0.2, 0.25) is 0 Å². The number of benzene rings is 2. The summed E-state index contributed by atoms with van der Waals surface area (Å²) >= 11 is 0. The van der Waals surface area contributed by atoms with E-state index in [9.17, 15) is 4.79 Å². The minimum absolute atomic E-state index is 0.137. The monoisotopic (exact) mass is 443 g/mol. The van der Waals surface area contributed by atoms with Gasteiger partial charge in [-0.1, -0.05) is 31.0 Å². The van der Waals surface area contributed by atoms with Crippen LogP contribution in [0.3, 0.4) is 0 Å². The summed E-state index contributed by atoms with van der Waals surface area (Å²) in [7, 11) is 0. The summed E-state index contributed by atoms with van der Waals surface area (Å²) < 4.78 is 5.74. The molecule has 2 aromatic carbocycles. The lowest BCUT2D eigenvalue weighted by atomic mass is 9.97. The van der Waals surface area contributed by atoms with E-state index in [1.165, 1.54) is 25.7 Å². The highest BCUT2D eigenvalue weighted by Crippen LogP contribution is 2.27. The van der Waals surface area contributed by atoms with Crippen LogP contribution in [-0.4, -0.2) is 30.1 Å². The van der Waals surface area contributed by atoms with E-state index >= 15 is 0 Å². The van der Waals surface area contributed by atoms with Crippen LogP contribution in [0.25, 0.3) is 11.1 Å². The molecule has 0 radical (unpaired) electrons. The quantitative estimate of drug-likeness (QED) is 0.474. The Kier molecular flexibility index (Phi) is 7.28. The van der Waals surface area contributed by atoms with Crippen molar-refractivity contribution in [3.63, 3.8) is 0 Å². The van der Waals surface area contributed by atoms with Crippen molar-refractivity contribution < 1.29 is 9.53 Å². The maximum absolute atomic E-state index is 12.9. The average molecular weight is 444 g/mol. The minimum Gasteiger partial charge on any atom is -0.491 e. The smallest absolute Gasteiger partial charge is 0.255 e. The third-order valence-corrected chi connectivity index (χ3v) is 5.97. The van der Waals surface area contributed by atoms with E-state index in [1.807, 2.05) is 68.4 Å². The molecular weight excluding hydrogens is 410 g/mol. The number of aryl methyl sites for hydroxylation is 1. The topological polar surface area (TPSA) is 54.5 Å². The van der Waals surface area contributed by atoms with Gasteiger partial charge in [-0.2, -0.15) is 0 Å². The van der Waals surface area contributed by atoms with Gasteiger partial charge in [0.15, 0.2) is 0 Å². The first kappa shape index (κ1) is 22.8. The van der Waals surface area contributed by atoms with Gasteiger partial charge in [-0.15, -0.1) is 0 Å². The fourth-order valence-electron chi connectivity index (χ4n) is 4.21. The van der Waals surface area contributed by atoms with Crippen LogP contribution in [-0.2, 0) is 0 Å². The van der Waals surface area contributed by atoms with Crippen LogP contribution in [0, 0.1) is 6.92 Å². The summed E-state index contributed by atoms with van der Waals surface area (Å²) in [5.74, 6) is 1.69. The number of pyridine rings is 1. The lowest BCUT2D eigenvalue weighted by Crippen LogP contribution is -2.24. The molecule has 1 aromatic heterocycles. The van der Waals surface area contributed by atoms with Crippen molar-refractivity contribution in [2.75, 3.05) is 23.3 Å². The predicted octanol–water partition coefficient (Wildman–Crippen LogP) is 6.48. The molecule has 0 saturated carbocycles. The van der Waals surface area contributed by atoms with E-state index in [-0.39, 0.29) is 12.0 Å². The summed E-state index contributed by atoms with van der Waals surface area (Å²) in [5.41, 5.74) is 4.54. The van der Waals surface area contributed by atoms with E-state index in [1.54, 1.807) is 6.20 Å². The molecule has 1 saturated heterocycles. The third kappa shape index (κ3) is 5.92. The lowest BCUT2D eigenvalue weighted by Gasteiger charge is -2.21. The molecule has 5 heteroatoms. The van der Waals surface area contributed by atoms with Crippen molar-refractivity contribution in [2.24, 2.45) is 0 Å². The van der Waals surface area contributed by atoms with E-state index in [0.29, 0.717) is 11.3 Å². The number of hydrogen-bond donors (Lipinski definition) is 1. The highest BCUT2D eigenvalue weighted by Gasteiger charge is 2.13. The molecule has 0 bridgehead atoms. The second-order valence-electron chi connectivity index (χ2n) is 8.98. The molecule has 1 aliphatic heterocycles. The molecule has 1 fully saturated rings. The van der Waals surface area contributed by atoms with Crippen LogP contribution in [0.2, 0.25) is 0 Å². The number of aromatic nitrogens is 1. The Bertz CT molecular complexity index is 1070. The summed E-state index contributed by atoms with van der Waals surface area (Å²) in [5, 5.41) is 2.99. The fraction of sp³-hybridized carbons (Fsp3) is 0.357. The predicted molar refractivity (Wildman–Crippen MR) is 135 cm³/mol. The maximum atomic E-state index is 12.9. The Morgan fingerprint density at radius 3 is 2.33 bits per heavy atom. The van der Waals surface area contributed by atoms with E-state index in [2.05, 4.69) is 22.1 Å². The third-order valence-electron chi connectivity index (χ3n) is 5.97. The number of hydrogen-bond acceptors (Lipinski definition) is 4. The first-order valence-corrected chi connectivity index (χ1v) is 11.9. The van der Waals surface area contributed by atoms with Gasteiger partial charge in [0.25, 0.3) is 5.91 Å². The average Bonchev–Trinajstić information content (AvgIpc) is 3.10. The van der Waals surface area contributed by atoms with Crippen molar-refractivity contribution in [2.45, 2.75) is 52.6 Å². The largest absolute Gasteiger partial charge is 0.491 e. The highest BCUT2D eigenvalue weighted by molar-refractivity contribution is 6.05. The maximum Gasteiger partial charge on any atom is 0.255 e. The van der Waals surface area contributed by atoms with Crippen molar-refractivity contribution in [3.8, 4) is 16.9 Å². The van der Waals surface area contributed by atoms with Gasteiger partial charge in [0, 0.05) is 18.7 Å². The highest BCUT2D eigenvalue weighted by atomic mass is 16.5. The van der Waals surface area contributed by atoms with Gasteiger partial charge in [-0.25, -0.2) is 4.98 Å². The first-order valence-electron chi connectivity index (χ1n) is 11.9. The van der Waals surface area contributed by atoms with E-state index < -0.39 is 0 Å². The van der Waals surface area contributed by atoms with E-state index in [4.69, 9.17) is 4.74 Å². The Morgan fingerprint density at radius 1 is 0.970 bits per heavy atom. The zero-order valence-electron chi connectivity index (χ0n) is 19.8. The zero-order chi connectivity index (χ0) is 23.2. The SMILES string of the molecule is Cc1ccc(C(=O)Nc2ccc(N3CCCCCC3)nc2)cc1-c1ccc(OC(C)C)cc1. The van der Waals surface area contributed by atoms with Crippen LogP contribution < -0.4 is 15.0 Å². The normalized spacial score (nSPS) is 14.1. The van der Waals surface area contributed by atoms with Crippen LogP contribution in [0.5, 0.6) is 5.75 Å². The van der Waals surface area contributed by atoms with Gasteiger partial charge < -0.3 is 15.0 Å². The lowest BCUT2D eigenvalue weighted by molar-refractivity contribution is 0.102. The molecule has 2 heterocycles. The van der Waals surface area contributed by atoms with Crippen LogP contribution in [0.1, 0.15) is 55.5 Å². The molecule has 0 aliphatic carbocycles. The van der Waals surface area contributed by atoms with Crippen LogP contribution >= 0.6 is 0 Å². The molecule has 0 atom stereocenters. The zero-order valence-corrected chi connectivity index (χ0v) is 19.8. The number of nitrogens with one attached hydrogen (secondary N) is 1. The molecular formula is C28H33N3O2. The molecule has 1 aliphatic rings. The number of anilines is 2. The molecule has 1 amide bonds. The Labute approximate surface area is 196 Å². The minimum atomic E-state index is -0.139. The van der Waals surface area contributed by atoms with Crippen molar-refractivity contribution >= 4 is 17.4 Å². The first-order chi connectivity index (χ1) is 16.0. The molecule has 0 spiro atoms. The molecule has 1 N–H and O–H groups in total. The van der Waals surface area contributed by atoms with E-state index in [0.717, 1.165) is 41.3 Å². The molecule has 0 unspecified atom stereocenters. The number of carbonyl (C=O) groups is 1. The summed E-state index contributed by atoms with van der Waals surface area (Å²) in [6, 6.07) is 17.8. The van der Waals surface area contributed by atoms with Gasteiger partial charge in [-0.3, -0.25) is 4.79 Å².